The summed E-state index contributed by atoms with van der Waals surface area (Å²) in [4.78, 5) is 12.6. The maximum absolute atomic E-state index is 12.6. The van der Waals surface area contributed by atoms with Crippen LogP contribution in [0.3, 0.4) is 0 Å². The van der Waals surface area contributed by atoms with E-state index in [1.807, 2.05) is 69.4 Å². The van der Waals surface area contributed by atoms with Crippen molar-refractivity contribution in [2.45, 2.75) is 0 Å². The third-order valence-corrected chi connectivity index (χ3v) is 4.65. The van der Waals surface area contributed by atoms with Gasteiger partial charge in [-0.25, -0.2) is 0 Å². The zero-order chi connectivity index (χ0) is 14.3. The average Bonchev–Trinajstić information content (AvgIpc) is 2.87. The number of ketones is 1. The molecule has 0 unspecified atom stereocenters. The lowest BCUT2D eigenvalue weighted by molar-refractivity contribution is 0.103. The van der Waals surface area contributed by atoms with Gasteiger partial charge in [-0.1, -0.05) is 18.2 Å². The van der Waals surface area contributed by atoms with E-state index < -0.39 is 0 Å². The predicted molar refractivity (Wildman–Crippen MR) is 93.2 cm³/mol. The number of benzene rings is 2. The van der Waals surface area contributed by atoms with Crippen molar-refractivity contribution < 1.29 is 14.3 Å². The van der Waals surface area contributed by atoms with Crippen LogP contribution in [0.2, 0.25) is 0 Å². The van der Waals surface area contributed by atoms with Crippen LogP contribution < -0.4 is 0 Å². The molecule has 0 amide bonds. The molecule has 0 spiro atoms. The van der Waals surface area contributed by atoms with Crippen molar-refractivity contribution in [2.75, 3.05) is 0 Å². The lowest BCUT2D eigenvalue weighted by Crippen LogP contribution is -2.01. The first kappa shape index (κ1) is 13.9. The molecule has 1 aromatic heterocycles. The molecular weight excluding hydrogens is 482 g/mol. The van der Waals surface area contributed by atoms with Gasteiger partial charge >= 0.3 is 0 Å². The van der Waals surface area contributed by atoms with Crippen LogP contribution in [0.25, 0.3) is 11.0 Å². The third-order valence-electron chi connectivity index (χ3n) is 3.00. The highest BCUT2D eigenvalue weighted by Gasteiger charge is 2.17. The molecule has 2 aromatic carbocycles. The first-order chi connectivity index (χ1) is 9.58. The molecule has 0 fully saturated rings. The molecule has 3 rings (SSSR count). The van der Waals surface area contributed by atoms with Gasteiger partial charge in [0, 0.05) is 10.9 Å². The fourth-order valence-corrected chi connectivity index (χ4v) is 3.77. The molecule has 3 nitrogen and oxygen atoms in total. The van der Waals surface area contributed by atoms with Gasteiger partial charge in [0.1, 0.15) is 17.6 Å². The summed E-state index contributed by atoms with van der Waals surface area (Å²) in [6.45, 7) is 0. The maximum Gasteiger partial charge on any atom is 0.196 e. The van der Waals surface area contributed by atoms with Crippen molar-refractivity contribution in [1.82, 2.24) is 0 Å². The molecule has 0 saturated carbocycles. The molecule has 0 bridgehead atoms. The van der Waals surface area contributed by atoms with Gasteiger partial charge in [0.2, 0.25) is 0 Å². The summed E-state index contributed by atoms with van der Waals surface area (Å²) >= 11 is 4.03. The molecule has 3 aromatic rings. The third kappa shape index (κ3) is 2.32. The van der Waals surface area contributed by atoms with Crippen LogP contribution in [0.15, 0.2) is 47.1 Å². The second kappa shape index (κ2) is 5.36. The van der Waals surface area contributed by atoms with Crippen LogP contribution in [-0.2, 0) is 0 Å². The van der Waals surface area contributed by atoms with E-state index >= 15 is 0 Å². The Morgan fingerprint density at radius 1 is 1.10 bits per heavy atom. The molecule has 0 radical (unpaired) electrons. The fraction of sp³-hybridized carbons (Fsp3) is 0. The summed E-state index contributed by atoms with van der Waals surface area (Å²) in [5.41, 5.74) is 1.78. The zero-order valence-corrected chi connectivity index (χ0v) is 14.4. The Balaban J connectivity index is 2.13. The number of phenols is 1. The van der Waals surface area contributed by atoms with Gasteiger partial charge in [0.05, 0.1) is 12.7 Å². The Bertz CT molecular complexity index is 798. The van der Waals surface area contributed by atoms with E-state index in [-0.39, 0.29) is 11.5 Å². The molecule has 0 aliphatic carbocycles. The van der Waals surface area contributed by atoms with Crippen LogP contribution in [0.1, 0.15) is 15.9 Å². The highest BCUT2D eigenvalue weighted by Crippen LogP contribution is 2.30. The van der Waals surface area contributed by atoms with Crippen LogP contribution >= 0.6 is 45.2 Å². The van der Waals surface area contributed by atoms with Gasteiger partial charge in [-0.15, -0.1) is 0 Å². The van der Waals surface area contributed by atoms with Crippen molar-refractivity contribution in [3.63, 3.8) is 0 Å². The maximum atomic E-state index is 12.6. The van der Waals surface area contributed by atoms with Crippen molar-refractivity contribution in [2.24, 2.45) is 0 Å². The lowest BCUT2D eigenvalue weighted by Gasteiger charge is -2.04. The number of phenolic OH excluding ortho intramolecular Hbond substituents is 1. The van der Waals surface area contributed by atoms with Gasteiger partial charge in [-0.3, -0.25) is 4.79 Å². The van der Waals surface area contributed by atoms with E-state index in [1.165, 1.54) is 6.26 Å². The van der Waals surface area contributed by atoms with Crippen molar-refractivity contribution in [1.29, 1.82) is 0 Å². The number of rotatable bonds is 2. The molecule has 1 N–H and O–H groups in total. The number of carbonyl (C=O) groups is 1. The van der Waals surface area contributed by atoms with Gasteiger partial charge in [0.15, 0.2) is 5.78 Å². The minimum atomic E-state index is -0.106. The highest BCUT2D eigenvalue weighted by atomic mass is 127. The number of hydrogen-bond donors (Lipinski definition) is 1. The van der Waals surface area contributed by atoms with Crippen LogP contribution in [0.4, 0.5) is 0 Å². The zero-order valence-electron chi connectivity index (χ0n) is 10.1. The summed E-state index contributed by atoms with van der Waals surface area (Å²) < 4.78 is 6.72. The summed E-state index contributed by atoms with van der Waals surface area (Å²) in [6.07, 6.45) is 1.49. The molecular formula is C15H8I2O3. The second-order valence-electron chi connectivity index (χ2n) is 4.26. The van der Waals surface area contributed by atoms with Crippen LogP contribution in [-0.4, -0.2) is 10.9 Å². The van der Waals surface area contributed by atoms with E-state index in [1.54, 1.807) is 12.1 Å². The van der Waals surface area contributed by atoms with E-state index in [4.69, 9.17) is 4.42 Å². The number of para-hydroxylation sites is 1. The first-order valence-electron chi connectivity index (χ1n) is 5.77. The van der Waals surface area contributed by atoms with Gasteiger partial charge < -0.3 is 9.52 Å². The van der Waals surface area contributed by atoms with Gasteiger partial charge in [-0.05, 0) is 63.4 Å². The molecule has 0 saturated heterocycles. The number of carbonyl (C=O) groups excluding carboxylic acids is 1. The molecule has 100 valence electrons. The number of halogens is 2. The average molecular weight is 490 g/mol. The van der Waals surface area contributed by atoms with Crippen molar-refractivity contribution in [3.05, 3.63) is 60.9 Å². The standard InChI is InChI=1S/C15H8I2O3/c16-11-5-8(6-12(17)15(11)19)14(18)10-7-20-13-4-2-1-3-9(10)13/h1-7,19H. The van der Waals surface area contributed by atoms with Crippen molar-refractivity contribution in [3.8, 4) is 5.75 Å². The van der Waals surface area contributed by atoms with Crippen molar-refractivity contribution >= 4 is 61.9 Å². The largest absolute Gasteiger partial charge is 0.506 e. The highest BCUT2D eigenvalue weighted by molar-refractivity contribution is 14.1. The SMILES string of the molecule is O=C(c1cc(I)c(O)c(I)c1)c1coc2ccccc12. The molecule has 0 atom stereocenters. The van der Waals surface area contributed by atoms with Gasteiger partial charge in [0.25, 0.3) is 0 Å². The molecule has 5 heteroatoms. The Morgan fingerprint density at radius 2 is 1.75 bits per heavy atom. The molecule has 0 aliphatic heterocycles. The molecule has 1 heterocycles. The summed E-state index contributed by atoms with van der Waals surface area (Å²) in [5.74, 6) is 0.102. The quantitative estimate of drug-likeness (QED) is 0.423. The number of hydrogen-bond acceptors (Lipinski definition) is 3. The summed E-state index contributed by atoms with van der Waals surface area (Å²) in [6, 6.07) is 10.8. The lowest BCUT2D eigenvalue weighted by atomic mass is 10.0. The summed E-state index contributed by atoms with van der Waals surface area (Å²) in [5, 5.41) is 10.6. The van der Waals surface area contributed by atoms with Crippen LogP contribution in [0.5, 0.6) is 5.75 Å². The smallest absolute Gasteiger partial charge is 0.196 e. The van der Waals surface area contributed by atoms with Gasteiger partial charge in [-0.2, -0.15) is 0 Å². The Labute approximate surface area is 142 Å². The Kier molecular flexibility index (Phi) is 3.72. The second-order valence-corrected chi connectivity index (χ2v) is 6.59. The minimum absolute atomic E-state index is 0.106. The fourth-order valence-electron chi connectivity index (χ4n) is 2.01. The monoisotopic (exact) mass is 490 g/mol. The van der Waals surface area contributed by atoms with E-state index in [2.05, 4.69) is 0 Å². The molecule has 20 heavy (non-hydrogen) atoms. The predicted octanol–water partition coefficient (Wildman–Crippen LogP) is 4.58. The van der Waals surface area contributed by atoms with E-state index in [9.17, 15) is 9.90 Å². The summed E-state index contributed by atoms with van der Waals surface area (Å²) in [7, 11) is 0. The topological polar surface area (TPSA) is 50.4 Å². The Hall–Kier alpha value is -1.09. The molecule has 0 aliphatic rings. The Morgan fingerprint density at radius 3 is 2.45 bits per heavy atom. The van der Waals surface area contributed by atoms with E-state index in [0.29, 0.717) is 23.9 Å². The first-order valence-corrected chi connectivity index (χ1v) is 7.92. The normalized spacial score (nSPS) is 10.9. The van der Waals surface area contributed by atoms with Crippen LogP contribution in [0, 0.1) is 7.14 Å². The number of fused-ring (bicyclic) bond motifs is 1. The number of aromatic hydroxyl groups is 1. The number of furan rings is 1. The minimum Gasteiger partial charge on any atom is -0.506 e. The van der Waals surface area contributed by atoms with E-state index in [0.717, 1.165) is 5.39 Å².